The standard InChI is InChI=1S/C19H20ClNO/c1-3-17-13(2)21(11-14-4-7-16(20)8-5-14)19-9-6-15(12-22)10-18(17)19/h4-10,22H,3,11-12H2,1-2H3. The first-order valence-corrected chi connectivity index (χ1v) is 7.97. The van der Waals surface area contributed by atoms with Gasteiger partial charge in [-0.3, -0.25) is 0 Å². The number of rotatable bonds is 4. The SMILES string of the molecule is CCc1c(C)n(Cc2ccc(Cl)cc2)c2ccc(CO)cc12. The summed E-state index contributed by atoms with van der Waals surface area (Å²) in [5, 5.41) is 11.4. The molecule has 3 heteroatoms. The molecule has 1 aromatic heterocycles. The van der Waals surface area contributed by atoms with E-state index in [4.69, 9.17) is 11.6 Å². The molecule has 0 radical (unpaired) electrons. The molecule has 0 atom stereocenters. The Bertz CT molecular complexity index is 802. The Morgan fingerprint density at radius 3 is 2.36 bits per heavy atom. The lowest BCUT2D eigenvalue weighted by Gasteiger charge is -2.09. The van der Waals surface area contributed by atoms with Gasteiger partial charge in [-0.05, 0) is 54.3 Å². The van der Waals surface area contributed by atoms with E-state index < -0.39 is 0 Å². The largest absolute Gasteiger partial charge is 0.392 e. The molecule has 114 valence electrons. The molecule has 0 bridgehead atoms. The normalized spacial score (nSPS) is 11.3. The zero-order valence-corrected chi connectivity index (χ0v) is 13.7. The predicted molar refractivity (Wildman–Crippen MR) is 92.5 cm³/mol. The Kier molecular flexibility index (Phi) is 4.23. The quantitative estimate of drug-likeness (QED) is 0.741. The third-order valence-electron chi connectivity index (χ3n) is 4.31. The van der Waals surface area contributed by atoms with Crippen LogP contribution < -0.4 is 0 Å². The second-order valence-electron chi connectivity index (χ2n) is 5.64. The van der Waals surface area contributed by atoms with Gasteiger partial charge in [-0.15, -0.1) is 0 Å². The molecule has 0 fully saturated rings. The number of benzene rings is 2. The zero-order chi connectivity index (χ0) is 15.7. The minimum Gasteiger partial charge on any atom is -0.392 e. The molecule has 22 heavy (non-hydrogen) atoms. The number of aromatic nitrogens is 1. The average molecular weight is 314 g/mol. The number of hydrogen-bond donors (Lipinski definition) is 1. The molecule has 2 aromatic carbocycles. The molecule has 0 unspecified atom stereocenters. The Morgan fingerprint density at radius 2 is 1.73 bits per heavy atom. The van der Waals surface area contributed by atoms with Gasteiger partial charge in [-0.2, -0.15) is 0 Å². The zero-order valence-electron chi connectivity index (χ0n) is 12.9. The van der Waals surface area contributed by atoms with Crippen LogP contribution in [0.5, 0.6) is 0 Å². The molecule has 1 heterocycles. The highest BCUT2D eigenvalue weighted by Crippen LogP contribution is 2.28. The second-order valence-corrected chi connectivity index (χ2v) is 6.08. The fourth-order valence-corrected chi connectivity index (χ4v) is 3.25. The number of aryl methyl sites for hydroxylation is 1. The van der Waals surface area contributed by atoms with Crippen molar-refractivity contribution in [1.29, 1.82) is 0 Å². The van der Waals surface area contributed by atoms with Crippen LogP contribution in [0.3, 0.4) is 0 Å². The third kappa shape index (κ3) is 2.65. The summed E-state index contributed by atoms with van der Waals surface area (Å²) in [4.78, 5) is 0. The number of fused-ring (bicyclic) bond motifs is 1. The van der Waals surface area contributed by atoms with Crippen molar-refractivity contribution in [2.45, 2.75) is 33.4 Å². The van der Waals surface area contributed by atoms with Crippen molar-refractivity contribution < 1.29 is 5.11 Å². The topological polar surface area (TPSA) is 25.2 Å². The molecular weight excluding hydrogens is 294 g/mol. The molecule has 0 amide bonds. The van der Waals surface area contributed by atoms with Gasteiger partial charge in [0.1, 0.15) is 0 Å². The van der Waals surface area contributed by atoms with Gasteiger partial charge in [0.2, 0.25) is 0 Å². The first-order valence-electron chi connectivity index (χ1n) is 7.60. The van der Waals surface area contributed by atoms with Gasteiger partial charge in [0.15, 0.2) is 0 Å². The van der Waals surface area contributed by atoms with E-state index in [2.05, 4.69) is 42.7 Å². The Balaban J connectivity index is 2.12. The lowest BCUT2D eigenvalue weighted by molar-refractivity contribution is 0.282. The van der Waals surface area contributed by atoms with Crippen LogP contribution >= 0.6 is 11.6 Å². The molecule has 3 rings (SSSR count). The van der Waals surface area contributed by atoms with E-state index in [0.717, 1.165) is 23.6 Å². The molecule has 0 saturated carbocycles. The van der Waals surface area contributed by atoms with Crippen molar-refractivity contribution in [3.8, 4) is 0 Å². The van der Waals surface area contributed by atoms with Crippen LogP contribution in [0.4, 0.5) is 0 Å². The lowest BCUT2D eigenvalue weighted by Crippen LogP contribution is -2.02. The molecule has 0 spiro atoms. The van der Waals surface area contributed by atoms with Gasteiger partial charge >= 0.3 is 0 Å². The number of halogens is 1. The maximum atomic E-state index is 9.38. The molecule has 0 aliphatic heterocycles. The van der Waals surface area contributed by atoms with E-state index in [9.17, 15) is 5.11 Å². The van der Waals surface area contributed by atoms with Crippen LogP contribution in [0.2, 0.25) is 5.02 Å². The maximum absolute atomic E-state index is 9.38. The smallest absolute Gasteiger partial charge is 0.0682 e. The molecule has 1 N–H and O–H groups in total. The van der Waals surface area contributed by atoms with Gasteiger partial charge in [0.25, 0.3) is 0 Å². The summed E-state index contributed by atoms with van der Waals surface area (Å²) in [5.74, 6) is 0. The minimum atomic E-state index is 0.0838. The Hall–Kier alpha value is -1.77. The fraction of sp³-hybridized carbons (Fsp3) is 0.263. The summed E-state index contributed by atoms with van der Waals surface area (Å²) >= 11 is 5.97. The van der Waals surface area contributed by atoms with Crippen molar-refractivity contribution in [3.63, 3.8) is 0 Å². The number of aliphatic hydroxyl groups excluding tert-OH is 1. The van der Waals surface area contributed by atoms with E-state index in [-0.39, 0.29) is 6.61 Å². The van der Waals surface area contributed by atoms with Gasteiger partial charge < -0.3 is 9.67 Å². The van der Waals surface area contributed by atoms with Crippen LogP contribution in [-0.4, -0.2) is 9.67 Å². The van der Waals surface area contributed by atoms with E-state index >= 15 is 0 Å². The highest BCUT2D eigenvalue weighted by Gasteiger charge is 2.13. The van der Waals surface area contributed by atoms with E-state index in [1.165, 1.54) is 27.7 Å². The summed E-state index contributed by atoms with van der Waals surface area (Å²) in [6.07, 6.45) is 0.991. The minimum absolute atomic E-state index is 0.0838. The number of nitrogens with zero attached hydrogens (tertiary/aromatic N) is 1. The highest BCUT2D eigenvalue weighted by atomic mass is 35.5. The molecular formula is C19H20ClNO. The van der Waals surface area contributed by atoms with Crippen molar-refractivity contribution in [1.82, 2.24) is 4.57 Å². The Labute approximate surface area is 136 Å². The van der Waals surface area contributed by atoms with Crippen LogP contribution in [-0.2, 0) is 19.6 Å². The maximum Gasteiger partial charge on any atom is 0.0682 e. The fourth-order valence-electron chi connectivity index (χ4n) is 3.12. The highest BCUT2D eigenvalue weighted by molar-refractivity contribution is 6.30. The van der Waals surface area contributed by atoms with Crippen molar-refractivity contribution in [2.75, 3.05) is 0 Å². The molecule has 3 aromatic rings. The first-order chi connectivity index (χ1) is 10.6. The summed E-state index contributed by atoms with van der Waals surface area (Å²) in [7, 11) is 0. The van der Waals surface area contributed by atoms with Crippen molar-refractivity contribution >= 4 is 22.5 Å². The average Bonchev–Trinajstić information content (AvgIpc) is 2.80. The summed E-state index contributed by atoms with van der Waals surface area (Å²) in [6.45, 7) is 5.27. The first kappa shape index (κ1) is 15.1. The summed E-state index contributed by atoms with van der Waals surface area (Å²) in [6, 6.07) is 14.2. The third-order valence-corrected chi connectivity index (χ3v) is 4.56. The van der Waals surface area contributed by atoms with E-state index in [1.807, 2.05) is 18.2 Å². The van der Waals surface area contributed by atoms with Crippen LogP contribution in [0.25, 0.3) is 10.9 Å². The lowest BCUT2D eigenvalue weighted by atomic mass is 10.1. The molecule has 2 nitrogen and oxygen atoms in total. The second kappa shape index (κ2) is 6.15. The molecule has 0 aliphatic carbocycles. The van der Waals surface area contributed by atoms with Gasteiger partial charge in [0.05, 0.1) is 6.61 Å². The van der Waals surface area contributed by atoms with Crippen LogP contribution in [0, 0.1) is 6.92 Å². The number of hydrogen-bond acceptors (Lipinski definition) is 1. The Morgan fingerprint density at radius 1 is 1.05 bits per heavy atom. The summed E-state index contributed by atoms with van der Waals surface area (Å²) in [5.41, 5.74) is 6.08. The van der Waals surface area contributed by atoms with Crippen molar-refractivity contribution in [2.24, 2.45) is 0 Å². The van der Waals surface area contributed by atoms with Crippen molar-refractivity contribution in [3.05, 3.63) is 69.9 Å². The van der Waals surface area contributed by atoms with E-state index in [0.29, 0.717) is 0 Å². The van der Waals surface area contributed by atoms with Gasteiger partial charge in [-0.1, -0.05) is 36.7 Å². The number of aliphatic hydroxyl groups is 1. The predicted octanol–water partition coefficient (Wildman–Crippen LogP) is 4.71. The van der Waals surface area contributed by atoms with Gasteiger partial charge in [0, 0.05) is 28.2 Å². The van der Waals surface area contributed by atoms with Crippen LogP contribution in [0.1, 0.15) is 29.3 Å². The van der Waals surface area contributed by atoms with Gasteiger partial charge in [-0.25, -0.2) is 0 Å². The molecule has 0 saturated heterocycles. The van der Waals surface area contributed by atoms with Crippen LogP contribution in [0.15, 0.2) is 42.5 Å². The molecule has 0 aliphatic rings. The van der Waals surface area contributed by atoms with E-state index in [1.54, 1.807) is 0 Å². The summed E-state index contributed by atoms with van der Waals surface area (Å²) < 4.78 is 2.35. The monoisotopic (exact) mass is 313 g/mol.